The Bertz CT molecular complexity index is 583. The second-order valence-corrected chi connectivity index (χ2v) is 4.52. The van der Waals surface area contributed by atoms with E-state index in [1.807, 2.05) is 31.2 Å². The molecule has 0 fully saturated rings. The topological polar surface area (TPSA) is 23.8 Å². The van der Waals surface area contributed by atoms with Gasteiger partial charge in [-0.25, -0.2) is 0 Å². The van der Waals surface area contributed by atoms with Crippen molar-refractivity contribution in [2.24, 2.45) is 0 Å². The molecule has 2 rings (SSSR count). The number of rotatable bonds is 3. The second kappa shape index (κ2) is 5.33. The summed E-state index contributed by atoms with van der Waals surface area (Å²) in [6.07, 6.45) is 0.924. The van der Waals surface area contributed by atoms with Crippen LogP contribution >= 0.6 is 0 Å². The van der Waals surface area contributed by atoms with E-state index in [2.05, 4.69) is 36.9 Å². The fraction of sp³-hybridized carbons (Fsp3) is 0.118. The predicted molar refractivity (Wildman–Crippen MR) is 75.1 cm³/mol. The summed E-state index contributed by atoms with van der Waals surface area (Å²) in [6, 6.07) is 18.2. The van der Waals surface area contributed by atoms with E-state index >= 15 is 0 Å². The Morgan fingerprint density at radius 2 is 1.50 bits per heavy atom. The highest BCUT2D eigenvalue weighted by atomic mass is 14.2. The van der Waals surface area contributed by atoms with E-state index in [4.69, 9.17) is 5.26 Å². The fourth-order valence-corrected chi connectivity index (χ4v) is 1.90. The Balaban J connectivity index is 2.23. The van der Waals surface area contributed by atoms with E-state index in [-0.39, 0.29) is 0 Å². The first-order chi connectivity index (χ1) is 8.69. The van der Waals surface area contributed by atoms with Gasteiger partial charge in [-0.05, 0) is 42.2 Å². The minimum Gasteiger partial charge on any atom is -0.192 e. The second-order valence-electron chi connectivity index (χ2n) is 4.52. The fourth-order valence-electron chi connectivity index (χ4n) is 1.90. The lowest BCUT2D eigenvalue weighted by atomic mass is 10.0. The maximum atomic E-state index is 8.76. The molecule has 0 unspecified atom stereocenters. The summed E-state index contributed by atoms with van der Waals surface area (Å²) in [4.78, 5) is 0. The number of nitriles is 1. The molecule has 88 valence electrons. The maximum Gasteiger partial charge on any atom is 0.0991 e. The van der Waals surface area contributed by atoms with Crippen molar-refractivity contribution in [1.82, 2.24) is 0 Å². The molecule has 0 N–H and O–H groups in total. The van der Waals surface area contributed by atoms with Crippen LogP contribution in [0.5, 0.6) is 0 Å². The smallest absolute Gasteiger partial charge is 0.0991 e. The normalized spacial score (nSPS) is 9.78. The van der Waals surface area contributed by atoms with Crippen LogP contribution in [-0.4, -0.2) is 0 Å². The Morgan fingerprint density at radius 1 is 1.00 bits per heavy atom. The number of benzene rings is 2. The molecule has 0 amide bonds. The third-order valence-corrected chi connectivity index (χ3v) is 2.81. The van der Waals surface area contributed by atoms with Gasteiger partial charge in [0.2, 0.25) is 0 Å². The zero-order valence-electron chi connectivity index (χ0n) is 10.5. The van der Waals surface area contributed by atoms with Crippen molar-refractivity contribution in [1.29, 1.82) is 5.26 Å². The third-order valence-electron chi connectivity index (χ3n) is 2.81. The molecule has 0 atom stereocenters. The van der Waals surface area contributed by atoms with Gasteiger partial charge in [-0.1, -0.05) is 48.6 Å². The van der Waals surface area contributed by atoms with Crippen LogP contribution in [0.25, 0.3) is 11.1 Å². The van der Waals surface area contributed by atoms with Crippen LogP contribution in [0.2, 0.25) is 0 Å². The maximum absolute atomic E-state index is 8.76. The molecular weight excluding hydrogens is 218 g/mol. The summed E-state index contributed by atoms with van der Waals surface area (Å²) >= 11 is 0. The van der Waals surface area contributed by atoms with Gasteiger partial charge in [-0.15, -0.1) is 0 Å². The number of nitrogens with zero attached hydrogens (tertiary/aromatic N) is 1. The van der Waals surface area contributed by atoms with Crippen molar-refractivity contribution in [3.63, 3.8) is 0 Å². The quantitative estimate of drug-likeness (QED) is 0.723. The van der Waals surface area contributed by atoms with Gasteiger partial charge >= 0.3 is 0 Å². The van der Waals surface area contributed by atoms with Gasteiger partial charge in [0.25, 0.3) is 0 Å². The molecule has 1 heteroatoms. The van der Waals surface area contributed by atoms with Gasteiger partial charge in [0.15, 0.2) is 0 Å². The van der Waals surface area contributed by atoms with Crippen molar-refractivity contribution >= 4 is 0 Å². The van der Waals surface area contributed by atoms with E-state index in [0.717, 1.165) is 12.0 Å². The van der Waals surface area contributed by atoms with Gasteiger partial charge in [-0.2, -0.15) is 5.26 Å². The molecule has 18 heavy (non-hydrogen) atoms. The summed E-state index contributed by atoms with van der Waals surface area (Å²) in [7, 11) is 0. The van der Waals surface area contributed by atoms with E-state index in [0.29, 0.717) is 5.56 Å². The Kier molecular flexibility index (Phi) is 3.60. The molecule has 0 heterocycles. The highest BCUT2D eigenvalue weighted by Gasteiger charge is 1.99. The first-order valence-electron chi connectivity index (χ1n) is 5.93. The molecule has 0 saturated heterocycles. The van der Waals surface area contributed by atoms with Crippen molar-refractivity contribution in [3.05, 3.63) is 71.8 Å². The molecule has 0 bridgehead atoms. The number of hydrogen-bond donors (Lipinski definition) is 0. The summed E-state index contributed by atoms with van der Waals surface area (Å²) in [5.41, 5.74) is 5.44. The minimum absolute atomic E-state index is 0.692. The van der Waals surface area contributed by atoms with Gasteiger partial charge in [-0.3, -0.25) is 0 Å². The molecule has 0 aliphatic carbocycles. The van der Waals surface area contributed by atoms with Crippen LogP contribution in [0.15, 0.2) is 60.7 Å². The number of allylic oxidation sites excluding steroid dienone is 1. The Hall–Kier alpha value is -2.33. The van der Waals surface area contributed by atoms with Crippen molar-refractivity contribution in [2.75, 3.05) is 0 Å². The number of hydrogen-bond acceptors (Lipinski definition) is 1. The van der Waals surface area contributed by atoms with Crippen molar-refractivity contribution in [3.8, 4) is 17.2 Å². The van der Waals surface area contributed by atoms with E-state index in [1.54, 1.807) is 0 Å². The minimum atomic E-state index is 0.692. The predicted octanol–water partition coefficient (Wildman–Crippen LogP) is 4.34. The van der Waals surface area contributed by atoms with Crippen LogP contribution < -0.4 is 0 Å². The third kappa shape index (κ3) is 2.87. The van der Waals surface area contributed by atoms with Crippen LogP contribution in [0, 0.1) is 11.3 Å². The SMILES string of the molecule is C=C(C)Cc1ccc(-c2ccc(C#N)cc2)cc1. The molecule has 0 aliphatic rings. The monoisotopic (exact) mass is 233 g/mol. The molecule has 0 aromatic heterocycles. The highest BCUT2D eigenvalue weighted by Crippen LogP contribution is 2.20. The van der Waals surface area contributed by atoms with Gasteiger partial charge < -0.3 is 0 Å². The highest BCUT2D eigenvalue weighted by molar-refractivity contribution is 5.64. The Labute approximate surface area is 108 Å². The zero-order chi connectivity index (χ0) is 13.0. The lowest BCUT2D eigenvalue weighted by Crippen LogP contribution is -1.86. The van der Waals surface area contributed by atoms with Crippen LogP contribution in [0.3, 0.4) is 0 Å². The molecule has 0 radical (unpaired) electrons. The van der Waals surface area contributed by atoms with Gasteiger partial charge in [0.1, 0.15) is 0 Å². The van der Waals surface area contributed by atoms with E-state index in [9.17, 15) is 0 Å². The largest absolute Gasteiger partial charge is 0.192 e. The summed E-state index contributed by atoms with van der Waals surface area (Å²) in [6.45, 7) is 5.96. The average Bonchev–Trinajstić information content (AvgIpc) is 2.39. The first kappa shape index (κ1) is 12.1. The Morgan fingerprint density at radius 3 is 1.94 bits per heavy atom. The van der Waals surface area contributed by atoms with Gasteiger partial charge in [0, 0.05) is 0 Å². The van der Waals surface area contributed by atoms with Crippen molar-refractivity contribution in [2.45, 2.75) is 13.3 Å². The summed E-state index contributed by atoms with van der Waals surface area (Å²) in [5, 5.41) is 8.76. The molecular formula is C17H15N. The zero-order valence-corrected chi connectivity index (χ0v) is 10.5. The van der Waals surface area contributed by atoms with E-state index in [1.165, 1.54) is 16.7 Å². The van der Waals surface area contributed by atoms with Crippen LogP contribution in [-0.2, 0) is 6.42 Å². The molecule has 1 nitrogen and oxygen atoms in total. The lowest BCUT2D eigenvalue weighted by Gasteiger charge is -2.04. The lowest BCUT2D eigenvalue weighted by molar-refractivity contribution is 1.16. The standard InChI is InChI=1S/C17H15N/c1-13(2)11-14-3-7-16(8-4-14)17-9-5-15(12-18)6-10-17/h3-10H,1,11H2,2H3. The van der Waals surface area contributed by atoms with E-state index < -0.39 is 0 Å². The summed E-state index contributed by atoms with van der Waals surface area (Å²) in [5.74, 6) is 0. The van der Waals surface area contributed by atoms with Crippen LogP contribution in [0.4, 0.5) is 0 Å². The molecule has 2 aromatic carbocycles. The summed E-state index contributed by atoms with van der Waals surface area (Å²) < 4.78 is 0. The van der Waals surface area contributed by atoms with Crippen molar-refractivity contribution < 1.29 is 0 Å². The molecule has 0 spiro atoms. The molecule has 2 aromatic rings. The molecule has 0 saturated carbocycles. The molecule has 0 aliphatic heterocycles. The first-order valence-corrected chi connectivity index (χ1v) is 5.93. The van der Waals surface area contributed by atoms with Gasteiger partial charge in [0.05, 0.1) is 11.6 Å². The average molecular weight is 233 g/mol. The van der Waals surface area contributed by atoms with Crippen LogP contribution in [0.1, 0.15) is 18.1 Å².